The lowest BCUT2D eigenvalue weighted by Crippen LogP contribution is -2.43. The van der Waals surface area contributed by atoms with Crippen LogP contribution in [0.15, 0.2) is 47.3 Å². The maximum absolute atomic E-state index is 12.6. The molecule has 0 aliphatic carbocycles. The van der Waals surface area contributed by atoms with Crippen LogP contribution >= 0.6 is 0 Å². The van der Waals surface area contributed by atoms with Gasteiger partial charge in [0.2, 0.25) is 5.91 Å². The summed E-state index contributed by atoms with van der Waals surface area (Å²) in [5.74, 6) is 0.00641. The summed E-state index contributed by atoms with van der Waals surface area (Å²) in [5.41, 5.74) is 2.88. The first-order valence-corrected chi connectivity index (χ1v) is 8.73. The molecule has 25 heavy (non-hydrogen) atoms. The number of benzene rings is 1. The Morgan fingerprint density at radius 2 is 1.92 bits per heavy atom. The molecule has 1 aromatic carbocycles. The molecule has 1 unspecified atom stereocenters. The highest BCUT2D eigenvalue weighted by atomic mass is 16.3. The SMILES string of the molecule is Cc1ccccc1C(C)NC(=O)C1CCN(C(=O)c2ccoc2)CC1. The summed E-state index contributed by atoms with van der Waals surface area (Å²) in [5, 5.41) is 3.12. The van der Waals surface area contributed by atoms with Crippen molar-refractivity contribution in [3.8, 4) is 0 Å². The number of aryl methyl sites for hydroxylation is 1. The molecule has 0 radical (unpaired) electrons. The largest absolute Gasteiger partial charge is 0.472 e. The molecule has 2 amide bonds. The number of furan rings is 1. The van der Waals surface area contributed by atoms with Crippen LogP contribution < -0.4 is 5.32 Å². The van der Waals surface area contributed by atoms with Gasteiger partial charge in [-0.1, -0.05) is 24.3 Å². The van der Waals surface area contributed by atoms with Crippen LogP contribution in [0.2, 0.25) is 0 Å². The Hall–Kier alpha value is -2.56. The number of rotatable bonds is 4. The Balaban J connectivity index is 1.53. The number of hydrogen-bond acceptors (Lipinski definition) is 3. The predicted molar refractivity (Wildman–Crippen MR) is 95.1 cm³/mol. The molecular formula is C20H24N2O3. The van der Waals surface area contributed by atoms with Gasteiger partial charge in [0, 0.05) is 19.0 Å². The van der Waals surface area contributed by atoms with E-state index in [1.165, 1.54) is 18.1 Å². The summed E-state index contributed by atoms with van der Waals surface area (Å²) in [6.07, 6.45) is 4.34. The van der Waals surface area contributed by atoms with E-state index in [-0.39, 0.29) is 23.8 Å². The summed E-state index contributed by atoms with van der Waals surface area (Å²) < 4.78 is 4.97. The van der Waals surface area contributed by atoms with E-state index in [2.05, 4.69) is 18.3 Å². The third-order valence-electron chi connectivity index (χ3n) is 4.93. The number of carbonyl (C=O) groups is 2. The standard InChI is InChI=1S/C20H24N2O3/c1-14-5-3-4-6-18(14)15(2)21-19(23)16-7-10-22(11-8-16)20(24)17-9-12-25-13-17/h3-6,9,12-13,15-16H,7-8,10-11H2,1-2H3,(H,21,23). The quantitative estimate of drug-likeness (QED) is 0.929. The molecule has 1 fully saturated rings. The van der Waals surface area contributed by atoms with E-state index in [4.69, 9.17) is 4.42 Å². The summed E-state index contributed by atoms with van der Waals surface area (Å²) in [7, 11) is 0. The van der Waals surface area contributed by atoms with E-state index in [9.17, 15) is 9.59 Å². The van der Waals surface area contributed by atoms with Gasteiger partial charge in [0.15, 0.2) is 0 Å². The maximum atomic E-state index is 12.6. The van der Waals surface area contributed by atoms with Gasteiger partial charge in [-0.15, -0.1) is 0 Å². The molecular weight excluding hydrogens is 316 g/mol. The van der Waals surface area contributed by atoms with Crippen LogP contribution in [0, 0.1) is 12.8 Å². The second kappa shape index (κ2) is 7.55. The Bertz CT molecular complexity index is 731. The molecule has 132 valence electrons. The zero-order valence-electron chi connectivity index (χ0n) is 14.7. The highest BCUT2D eigenvalue weighted by Crippen LogP contribution is 2.22. The van der Waals surface area contributed by atoms with Gasteiger partial charge < -0.3 is 14.6 Å². The number of hydrogen-bond donors (Lipinski definition) is 1. The zero-order valence-corrected chi connectivity index (χ0v) is 14.7. The summed E-state index contributed by atoms with van der Waals surface area (Å²) in [4.78, 5) is 26.7. The van der Waals surface area contributed by atoms with Crippen LogP contribution in [0.1, 0.15) is 47.3 Å². The Morgan fingerprint density at radius 1 is 1.20 bits per heavy atom. The van der Waals surface area contributed by atoms with Gasteiger partial charge >= 0.3 is 0 Å². The van der Waals surface area contributed by atoms with E-state index < -0.39 is 0 Å². The number of amides is 2. The van der Waals surface area contributed by atoms with Crippen molar-refractivity contribution in [3.63, 3.8) is 0 Å². The van der Waals surface area contributed by atoms with Crippen LogP contribution in [0.5, 0.6) is 0 Å². The van der Waals surface area contributed by atoms with E-state index in [0.717, 1.165) is 5.56 Å². The summed E-state index contributed by atoms with van der Waals surface area (Å²) in [6.45, 7) is 5.26. The molecule has 0 saturated carbocycles. The monoisotopic (exact) mass is 340 g/mol. The number of piperidine rings is 1. The molecule has 1 N–H and O–H groups in total. The summed E-state index contributed by atoms with van der Waals surface area (Å²) >= 11 is 0. The summed E-state index contributed by atoms with van der Waals surface area (Å²) in [6, 6.07) is 9.75. The fraction of sp³-hybridized carbons (Fsp3) is 0.400. The number of nitrogens with zero attached hydrogens (tertiary/aromatic N) is 1. The average molecular weight is 340 g/mol. The van der Waals surface area contributed by atoms with E-state index >= 15 is 0 Å². The van der Waals surface area contributed by atoms with Crippen molar-refractivity contribution in [2.75, 3.05) is 13.1 Å². The normalized spacial score (nSPS) is 16.5. The topological polar surface area (TPSA) is 62.6 Å². The smallest absolute Gasteiger partial charge is 0.257 e. The van der Waals surface area contributed by atoms with Crippen molar-refractivity contribution >= 4 is 11.8 Å². The maximum Gasteiger partial charge on any atom is 0.257 e. The van der Waals surface area contributed by atoms with Gasteiger partial charge in [0.25, 0.3) is 5.91 Å². The number of nitrogens with one attached hydrogen (secondary N) is 1. The average Bonchev–Trinajstić information content (AvgIpc) is 3.16. The Labute approximate surface area is 148 Å². The molecule has 2 heterocycles. The minimum absolute atomic E-state index is 0.0145. The molecule has 1 atom stereocenters. The molecule has 1 aliphatic rings. The molecule has 5 heteroatoms. The molecule has 1 aliphatic heterocycles. The van der Waals surface area contributed by atoms with Crippen molar-refractivity contribution in [2.24, 2.45) is 5.92 Å². The van der Waals surface area contributed by atoms with Gasteiger partial charge in [0.1, 0.15) is 6.26 Å². The molecule has 1 saturated heterocycles. The molecule has 0 bridgehead atoms. The van der Waals surface area contributed by atoms with E-state index in [0.29, 0.717) is 31.5 Å². The first-order chi connectivity index (χ1) is 12.1. The third kappa shape index (κ3) is 3.92. The molecule has 2 aromatic rings. The minimum Gasteiger partial charge on any atom is -0.472 e. The van der Waals surface area contributed by atoms with E-state index in [1.54, 1.807) is 11.0 Å². The van der Waals surface area contributed by atoms with Gasteiger partial charge in [-0.25, -0.2) is 0 Å². The molecule has 3 rings (SSSR count). The molecule has 0 spiro atoms. The van der Waals surface area contributed by atoms with Gasteiger partial charge in [0.05, 0.1) is 17.9 Å². The second-order valence-electron chi connectivity index (χ2n) is 6.67. The Morgan fingerprint density at radius 3 is 2.56 bits per heavy atom. The number of carbonyl (C=O) groups excluding carboxylic acids is 2. The van der Waals surface area contributed by atoms with Crippen LogP contribution in [0.3, 0.4) is 0 Å². The lowest BCUT2D eigenvalue weighted by atomic mass is 9.94. The van der Waals surface area contributed by atoms with Crippen LogP contribution in [-0.4, -0.2) is 29.8 Å². The van der Waals surface area contributed by atoms with E-state index in [1.807, 2.05) is 25.1 Å². The molecule has 1 aromatic heterocycles. The van der Waals surface area contributed by atoms with Crippen LogP contribution in [0.4, 0.5) is 0 Å². The van der Waals surface area contributed by atoms with Gasteiger partial charge in [-0.2, -0.15) is 0 Å². The minimum atomic E-state index is -0.0418. The first kappa shape index (κ1) is 17.3. The van der Waals surface area contributed by atoms with Crippen molar-refractivity contribution in [1.82, 2.24) is 10.2 Å². The van der Waals surface area contributed by atoms with Crippen LogP contribution in [-0.2, 0) is 4.79 Å². The van der Waals surface area contributed by atoms with Crippen molar-refractivity contribution in [3.05, 3.63) is 59.5 Å². The lowest BCUT2D eigenvalue weighted by Gasteiger charge is -2.31. The zero-order chi connectivity index (χ0) is 17.8. The first-order valence-electron chi connectivity index (χ1n) is 8.73. The van der Waals surface area contributed by atoms with Crippen molar-refractivity contribution < 1.29 is 14.0 Å². The van der Waals surface area contributed by atoms with Crippen molar-refractivity contribution in [1.29, 1.82) is 0 Å². The third-order valence-corrected chi connectivity index (χ3v) is 4.93. The highest BCUT2D eigenvalue weighted by Gasteiger charge is 2.28. The lowest BCUT2D eigenvalue weighted by molar-refractivity contribution is -0.127. The number of likely N-dealkylation sites (tertiary alicyclic amines) is 1. The highest BCUT2D eigenvalue weighted by molar-refractivity contribution is 5.94. The van der Waals surface area contributed by atoms with Gasteiger partial charge in [-0.05, 0) is 43.9 Å². The van der Waals surface area contributed by atoms with Gasteiger partial charge in [-0.3, -0.25) is 9.59 Å². The molecule has 5 nitrogen and oxygen atoms in total. The van der Waals surface area contributed by atoms with Crippen molar-refractivity contribution in [2.45, 2.75) is 32.7 Å². The fourth-order valence-corrected chi connectivity index (χ4v) is 3.40. The van der Waals surface area contributed by atoms with Crippen LogP contribution in [0.25, 0.3) is 0 Å². The second-order valence-corrected chi connectivity index (χ2v) is 6.67. The Kier molecular flexibility index (Phi) is 5.22. The predicted octanol–water partition coefficient (Wildman–Crippen LogP) is 3.32. The fourth-order valence-electron chi connectivity index (χ4n) is 3.40.